The van der Waals surface area contributed by atoms with Crippen molar-refractivity contribution in [2.75, 3.05) is 13.1 Å². The molecule has 1 aromatic carbocycles. The molecule has 6 nitrogen and oxygen atoms in total. The van der Waals surface area contributed by atoms with Crippen molar-refractivity contribution in [3.05, 3.63) is 66.0 Å². The fraction of sp³-hybridized carbons (Fsp3) is 0.263. The van der Waals surface area contributed by atoms with Gasteiger partial charge in [-0.15, -0.1) is 0 Å². The summed E-state index contributed by atoms with van der Waals surface area (Å²) in [5.74, 6) is -0.290. The van der Waals surface area contributed by atoms with Crippen LogP contribution in [-0.2, 0) is 5.54 Å². The number of aliphatic hydroxyl groups excluding tert-OH is 1. The van der Waals surface area contributed by atoms with Crippen LogP contribution >= 0.6 is 0 Å². The molecule has 25 heavy (non-hydrogen) atoms. The molecule has 1 aliphatic heterocycles. The van der Waals surface area contributed by atoms with Gasteiger partial charge in [-0.1, -0.05) is 30.3 Å². The second kappa shape index (κ2) is 6.31. The molecule has 2 atom stereocenters. The van der Waals surface area contributed by atoms with Crippen LogP contribution in [0.15, 0.2) is 54.7 Å². The van der Waals surface area contributed by atoms with E-state index >= 15 is 0 Å². The van der Waals surface area contributed by atoms with Crippen molar-refractivity contribution in [1.29, 1.82) is 0 Å². The summed E-state index contributed by atoms with van der Waals surface area (Å²) in [5, 5.41) is 17.9. The van der Waals surface area contributed by atoms with E-state index in [0.29, 0.717) is 24.3 Å². The van der Waals surface area contributed by atoms with E-state index in [0.717, 1.165) is 17.5 Å². The number of H-pyrrole nitrogens is 1. The summed E-state index contributed by atoms with van der Waals surface area (Å²) in [6, 6.07) is 15.1. The highest BCUT2D eigenvalue weighted by Gasteiger charge is 2.43. The van der Waals surface area contributed by atoms with Crippen molar-refractivity contribution in [3.8, 4) is 0 Å². The first kappa shape index (κ1) is 15.8. The Labute approximate surface area is 145 Å². The van der Waals surface area contributed by atoms with Gasteiger partial charge in [0.2, 0.25) is 0 Å². The Morgan fingerprint density at radius 2 is 2.04 bits per heavy atom. The van der Waals surface area contributed by atoms with Crippen molar-refractivity contribution in [2.45, 2.75) is 18.1 Å². The highest BCUT2D eigenvalue weighted by atomic mass is 16.3. The van der Waals surface area contributed by atoms with Gasteiger partial charge in [-0.3, -0.25) is 4.79 Å². The largest absolute Gasteiger partial charge is 0.389 e. The molecule has 1 amide bonds. The van der Waals surface area contributed by atoms with E-state index in [2.05, 4.69) is 20.6 Å². The molecular weight excluding hydrogens is 316 g/mol. The molecule has 0 aliphatic carbocycles. The molecule has 0 saturated carbocycles. The number of carbonyl (C=O) groups excluding carboxylic acids is 1. The molecule has 3 heterocycles. The Hall–Kier alpha value is -2.70. The predicted molar refractivity (Wildman–Crippen MR) is 95.2 cm³/mol. The quantitative estimate of drug-likeness (QED) is 0.584. The van der Waals surface area contributed by atoms with Crippen LogP contribution in [0.1, 0.15) is 22.5 Å². The zero-order valence-electron chi connectivity index (χ0n) is 13.7. The SMILES string of the molecule is O=C(N[C@@]1(c2ccccc2)CCNC[C@H]1O)c1ccc2cc[nH]c2n1. The van der Waals surface area contributed by atoms with Crippen LogP contribution in [0.5, 0.6) is 0 Å². The Bertz CT molecular complexity index is 893. The summed E-state index contributed by atoms with van der Waals surface area (Å²) in [5.41, 5.74) is 1.08. The fourth-order valence-corrected chi connectivity index (χ4v) is 3.48. The Morgan fingerprint density at radius 1 is 1.20 bits per heavy atom. The van der Waals surface area contributed by atoms with Crippen molar-refractivity contribution < 1.29 is 9.90 Å². The third-order valence-corrected chi connectivity index (χ3v) is 4.87. The number of fused-ring (bicyclic) bond motifs is 1. The van der Waals surface area contributed by atoms with Gasteiger partial charge in [-0.05, 0) is 36.7 Å². The van der Waals surface area contributed by atoms with Crippen LogP contribution in [0.3, 0.4) is 0 Å². The van der Waals surface area contributed by atoms with Gasteiger partial charge < -0.3 is 20.7 Å². The second-order valence-corrected chi connectivity index (χ2v) is 6.37. The zero-order valence-corrected chi connectivity index (χ0v) is 13.7. The molecule has 3 aromatic rings. The number of carbonyl (C=O) groups is 1. The number of nitrogens with one attached hydrogen (secondary N) is 3. The summed E-state index contributed by atoms with van der Waals surface area (Å²) in [6.45, 7) is 1.15. The summed E-state index contributed by atoms with van der Waals surface area (Å²) in [6.07, 6.45) is 1.68. The topological polar surface area (TPSA) is 90.0 Å². The van der Waals surface area contributed by atoms with E-state index in [1.165, 1.54) is 0 Å². The molecule has 2 aromatic heterocycles. The highest BCUT2D eigenvalue weighted by molar-refractivity contribution is 5.95. The number of rotatable bonds is 3. The van der Waals surface area contributed by atoms with Crippen LogP contribution in [0.2, 0.25) is 0 Å². The van der Waals surface area contributed by atoms with Gasteiger partial charge in [0, 0.05) is 18.1 Å². The molecule has 0 spiro atoms. The number of aromatic nitrogens is 2. The molecule has 1 aliphatic rings. The predicted octanol–water partition coefficient (Wildman–Crippen LogP) is 1.54. The Kier molecular flexibility index (Phi) is 3.99. The number of aromatic amines is 1. The minimum Gasteiger partial charge on any atom is -0.389 e. The summed E-state index contributed by atoms with van der Waals surface area (Å²) in [7, 11) is 0. The van der Waals surface area contributed by atoms with Gasteiger partial charge in [0.05, 0.1) is 11.6 Å². The summed E-state index contributed by atoms with van der Waals surface area (Å²) in [4.78, 5) is 20.3. The van der Waals surface area contributed by atoms with Gasteiger partial charge in [0.25, 0.3) is 5.91 Å². The Morgan fingerprint density at radius 3 is 2.84 bits per heavy atom. The third-order valence-electron chi connectivity index (χ3n) is 4.87. The lowest BCUT2D eigenvalue weighted by Gasteiger charge is -2.42. The standard InChI is InChI=1S/C19H20N4O2/c24-16-12-20-11-9-19(16,14-4-2-1-3-5-14)23-18(25)15-7-6-13-8-10-21-17(13)22-15/h1-8,10,16,20,24H,9,11-12H2,(H,21,22)(H,23,25)/t16-,19-/m1/s1. The molecule has 6 heteroatoms. The maximum Gasteiger partial charge on any atom is 0.270 e. The number of hydrogen-bond donors (Lipinski definition) is 4. The lowest BCUT2D eigenvalue weighted by atomic mass is 9.79. The van der Waals surface area contributed by atoms with Crippen LogP contribution in [0, 0.1) is 0 Å². The van der Waals surface area contributed by atoms with E-state index in [1.807, 2.05) is 42.5 Å². The molecule has 4 rings (SSSR count). The monoisotopic (exact) mass is 336 g/mol. The average molecular weight is 336 g/mol. The first-order valence-electron chi connectivity index (χ1n) is 8.40. The molecule has 0 unspecified atom stereocenters. The van der Waals surface area contributed by atoms with E-state index in [1.54, 1.807) is 12.3 Å². The lowest BCUT2D eigenvalue weighted by Crippen LogP contribution is -2.61. The first-order valence-corrected chi connectivity index (χ1v) is 8.40. The van der Waals surface area contributed by atoms with Crippen molar-refractivity contribution in [2.24, 2.45) is 0 Å². The van der Waals surface area contributed by atoms with E-state index in [4.69, 9.17) is 0 Å². The molecule has 1 saturated heterocycles. The molecule has 0 radical (unpaired) electrons. The first-order chi connectivity index (χ1) is 12.2. The van der Waals surface area contributed by atoms with E-state index < -0.39 is 11.6 Å². The summed E-state index contributed by atoms with van der Waals surface area (Å²) >= 11 is 0. The van der Waals surface area contributed by atoms with Crippen LogP contribution in [0.25, 0.3) is 11.0 Å². The third kappa shape index (κ3) is 2.79. The van der Waals surface area contributed by atoms with Crippen LogP contribution in [-0.4, -0.2) is 40.2 Å². The van der Waals surface area contributed by atoms with Gasteiger partial charge in [-0.25, -0.2) is 4.98 Å². The number of benzene rings is 1. The van der Waals surface area contributed by atoms with Gasteiger partial charge in [-0.2, -0.15) is 0 Å². The lowest BCUT2D eigenvalue weighted by molar-refractivity contribution is 0.0288. The smallest absolute Gasteiger partial charge is 0.270 e. The van der Waals surface area contributed by atoms with E-state index in [-0.39, 0.29) is 5.91 Å². The van der Waals surface area contributed by atoms with Gasteiger partial charge in [0.15, 0.2) is 0 Å². The molecule has 4 N–H and O–H groups in total. The molecule has 0 bridgehead atoms. The summed E-state index contributed by atoms with van der Waals surface area (Å²) < 4.78 is 0. The van der Waals surface area contributed by atoms with Gasteiger partial charge in [0.1, 0.15) is 11.3 Å². The second-order valence-electron chi connectivity index (χ2n) is 6.37. The van der Waals surface area contributed by atoms with Crippen molar-refractivity contribution in [3.63, 3.8) is 0 Å². The molecule has 1 fully saturated rings. The minimum atomic E-state index is -0.823. The number of hydrogen-bond acceptors (Lipinski definition) is 4. The fourth-order valence-electron chi connectivity index (χ4n) is 3.48. The maximum atomic E-state index is 12.9. The van der Waals surface area contributed by atoms with Gasteiger partial charge >= 0.3 is 0 Å². The zero-order chi connectivity index (χ0) is 17.3. The Balaban J connectivity index is 1.69. The molecular formula is C19H20N4O2. The van der Waals surface area contributed by atoms with Crippen molar-refractivity contribution in [1.82, 2.24) is 20.6 Å². The minimum absolute atomic E-state index is 0.290. The number of amides is 1. The van der Waals surface area contributed by atoms with E-state index in [9.17, 15) is 9.90 Å². The number of nitrogens with zero attached hydrogens (tertiary/aromatic N) is 1. The average Bonchev–Trinajstić information content (AvgIpc) is 3.12. The number of β-amino-alcohol motifs (C(OH)–C–C–N with tert-alkyl or cyclic N) is 1. The maximum absolute atomic E-state index is 12.9. The number of aliphatic hydroxyl groups is 1. The van der Waals surface area contributed by atoms with Crippen LogP contribution < -0.4 is 10.6 Å². The molecule has 128 valence electrons. The van der Waals surface area contributed by atoms with Crippen LogP contribution in [0.4, 0.5) is 0 Å². The number of piperidine rings is 1. The van der Waals surface area contributed by atoms with Crippen molar-refractivity contribution >= 4 is 16.9 Å². The highest BCUT2D eigenvalue weighted by Crippen LogP contribution is 2.31. The normalized spacial score (nSPS) is 23.5. The number of pyridine rings is 1.